The number of aromatic nitrogens is 3. The maximum atomic E-state index is 9.53. The number of rotatable bonds is 5. The summed E-state index contributed by atoms with van der Waals surface area (Å²) in [5, 5.41) is 13.8. The first-order valence-electron chi connectivity index (χ1n) is 10.7. The van der Waals surface area contributed by atoms with Crippen LogP contribution in [0.15, 0.2) is 6.07 Å². The van der Waals surface area contributed by atoms with Crippen LogP contribution in [0.5, 0.6) is 0 Å². The van der Waals surface area contributed by atoms with E-state index in [0.29, 0.717) is 12.4 Å². The first-order valence-corrected chi connectivity index (χ1v) is 11.5. The van der Waals surface area contributed by atoms with Gasteiger partial charge in [-0.1, -0.05) is 0 Å². The Morgan fingerprint density at radius 2 is 2.00 bits per heavy atom. The Morgan fingerprint density at radius 3 is 2.70 bits per heavy atom. The molecule has 1 N–H and O–H groups in total. The molecule has 9 heteroatoms. The average Bonchev–Trinajstić information content (AvgIpc) is 3.33. The van der Waals surface area contributed by atoms with Gasteiger partial charge in [0.2, 0.25) is 5.95 Å². The number of anilines is 3. The normalized spacial score (nSPS) is 21.2. The van der Waals surface area contributed by atoms with Crippen molar-refractivity contribution in [3.8, 4) is 6.07 Å². The Labute approximate surface area is 181 Å². The van der Waals surface area contributed by atoms with Gasteiger partial charge in [-0.15, -0.1) is 0 Å². The minimum Gasteiger partial charge on any atom is -0.352 e. The summed E-state index contributed by atoms with van der Waals surface area (Å²) >= 11 is 1.44. The zero-order chi connectivity index (χ0) is 20.7. The highest BCUT2D eigenvalue weighted by Gasteiger charge is 2.49. The molecule has 2 fully saturated rings. The number of fused-ring (bicyclic) bond motifs is 1. The topological polar surface area (TPSA) is 84.2 Å². The van der Waals surface area contributed by atoms with Gasteiger partial charge in [-0.25, -0.2) is 4.98 Å². The van der Waals surface area contributed by atoms with Gasteiger partial charge in [0.25, 0.3) is 0 Å². The summed E-state index contributed by atoms with van der Waals surface area (Å²) in [6.45, 7) is 7.93. The molecular weight excluding hydrogens is 396 g/mol. The highest BCUT2D eigenvalue weighted by atomic mass is 32.1. The van der Waals surface area contributed by atoms with Gasteiger partial charge in [0.15, 0.2) is 0 Å². The van der Waals surface area contributed by atoms with Gasteiger partial charge in [-0.2, -0.15) is 14.6 Å². The number of likely N-dealkylation sites (N-methyl/N-ethyl adjacent to an activating group) is 1. The summed E-state index contributed by atoms with van der Waals surface area (Å²) in [5.74, 6) is 1.72. The third kappa shape index (κ3) is 3.53. The maximum absolute atomic E-state index is 9.53. The molecule has 3 aliphatic rings. The molecule has 4 heterocycles. The molecule has 2 saturated heterocycles. The van der Waals surface area contributed by atoms with Crippen LogP contribution in [0, 0.1) is 18.3 Å². The Balaban J connectivity index is 1.38. The Hall–Kier alpha value is -2.28. The fraction of sp³-hybridized carbons (Fsp3) is 0.619. The van der Waals surface area contributed by atoms with Gasteiger partial charge in [-0.05, 0) is 50.8 Å². The van der Waals surface area contributed by atoms with Crippen LogP contribution in [0.25, 0.3) is 0 Å². The predicted octanol–water partition coefficient (Wildman–Crippen LogP) is 2.19. The highest BCUT2D eigenvalue weighted by Crippen LogP contribution is 2.39. The first-order chi connectivity index (χ1) is 14.6. The first kappa shape index (κ1) is 19.7. The van der Waals surface area contributed by atoms with E-state index < -0.39 is 0 Å². The standard InChI is InChI=1S/C21H28N8S/c1-15-12-18(30-26-15)24-20-23-17-5-3-4-16(17)19(25-20)28-13-21(14-28,6-7-22)29-10-8-27(2)9-11-29/h12H,3-6,8-11,13-14H2,1-2H3,(H,23,24,25). The van der Waals surface area contributed by atoms with E-state index in [1.54, 1.807) is 0 Å². The lowest BCUT2D eigenvalue weighted by atomic mass is 9.83. The molecule has 30 heavy (non-hydrogen) atoms. The van der Waals surface area contributed by atoms with Crippen molar-refractivity contribution in [2.45, 2.75) is 38.1 Å². The number of hydrogen-bond acceptors (Lipinski definition) is 9. The fourth-order valence-corrected chi connectivity index (χ4v) is 5.58. The van der Waals surface area contributed by atoms with Crippen LogP contribution in [-0.2, 0) is 12.8 Å². The number of nitriles is 1. The number of nitrogens with zero attached hydrogens (tertiary/aromatic N) is 7. The third-order valence-corrected chi connectivity index (χ3v) is 7.42. The van der Waals surface area contributed by atoms with E-state index in [1.165, 1.54) is 22.8 Å². The molecule has 8 nitrogen and oxygen atoms in total. The molecular formula is C21H28N8S. The molecule has 5 rings (SSSR count). The van der Waals surface area contributed by atoms with Crippen molar-refractivity contribution in [3.63, 3.8) is 0 Å². The summed E-state index contributed by atoms with van der Waals surface area (Å²) in [7, 11) is 2.17. The smallest absolute Gasteiger partial charge is 0.230 e. The number of nitrogens with one attached hydrogen (secondary N) is 1. The molecule has 2 aromatic heterocycles. The van der Waals surface area contributed by atoms with Crippen molar-refractivity contribution in [1.82, 2.24) is 24.1 Å². The lowest BCUT2D eigenvalue weighted by molar-refractivity contribution is 0.0218. The number of hydrogen-bond donors (Lipinski definition) is 1. The van der Waals surface area contributed by atoms with Crippen LogP contribution in [0.4, 0.5) is 16.8 Å². The average molecular weight is 425 g/mol. The highest BCUT2D eigenvalue weighted by molar-refractivity contribution is 7.10. The van der Waals surface area contributed by atoms with E-state index in [9.17, 15) is 5.26 Å². The van der Waals surface area contributed by atoms with Gasteiger partial charge < -0.3 is 15.1 Å². The van der Waals surface area contributed by atoms with Crippen molar-refractivity contribution >= 4 is 28.3 Å². The van der Waals surface area contributed by atoms with E-state index in [-0.39, 0.29) is 5.54 Å². The van der Waals surface area contributed by atoms with Crippen LogP contribution >= 0.6 is 11.5 Å². The molecule has 0 amide bonds. The second-order valence-corrected chi connectivity index (χ2v) is 9.62. The van der Waals surface area contributed by atoms with Crippen molar-refractivity contribution < 1.29 is 0 Å². The number of piperazine rings is 1. The summed E-state index contributed by atoms with van der Waals surface area (Å²) in [6, 6.07) is 4.48. The van der Waals surface area contributed by atoms with Gasteiger partial charge in [0, 0.05) is 44.8 Å². The third-order valence-electron chi connectivity index (χ3n) is 6.63. The lowest BCUT2D eigenvalue weighted by Gasteiger charge is -2.57. The van der Waals surface area contributed by atoms with Crippen LogP contribution in [0.3, 0.4) is 0 Å². The minimum absolute atomic E-state index is 0.0468. The predicted molar refractivity (Wildman–Crippen MR) is 118 cm³/mol. The van der Waals surface area contributed by atoms with Gasteiger partial charge >= 0.3 is 0 Å². The maximum Gasteiger partial charge on any atom is 0.230 e. The minimum atomic E-state index is -0.0468. The van der Waals surface area contributed by atoms with E-state index in [1.807, 2.05) is 13.0 Å². The van der Waals surface area contributed by atoms with Crippen LogP contribution in [0.1, 0.15) is 29.8 Å². The molecule has 0 atom stereocenters. The van der Waals surface area contributed by atoms with Crippen molar-refractivity contribution in [3.05, 3.63) is 23.0 Å². The van der Waals surface area contributed by atoms with Crippen LogP contribution < -0.4 is 10.2 Å². The van der Waals surface area contributed by atoms with E-state index in [0.717, 1.165) is 75.0 Å². The van der Waals surface area contributed by atoms with Gasteiger partial charge in [0.05, 0.1) is 29.4 Å². The lowest BCUT2D eigenvalue weighted by Crippen LogP contribution is -2.72. The van der Waals surface area contributed by atoms with Crippen molar-refractivity contribution in [2.75, 3.05) is 56.5 Å². The van der Waals surface area contributed by atoms with E-state index in [4.69, 9.17) is 9.97 Å². The molecule has 2 aliphatic heterocycles. The zero-order valence-corrected chi connectivity index (χ0v) is 18.5. The summed E-state index contributed by atoms with van der Waals surface area (Å²) < 4.78 is 4.34. The quantitative estimate of drug-likeness (QED) is 0.782. The van der Waals surface area contributed by atoms with E-state index in [2.05, 4.69) is 37.5 Å². The van der Waals surface area contributed by atoms with E-state index >= 15 is 0 Å². The fourth-order valence-electron chi connectivity index (χ4n) is 4.93. The van der Waals surface area contributed by atoms with Crippen molar-refractivity contribution in [1.29, 1.82) is 5.26 Å². The number of aryl methyl sites for hydroxylation is 2. The molecule has 0 spiro atoms. The molecule has 1 aliphatic carbocycles. The summed E-state index contributed by atoms with van der Waals surface area (Å²) in [6.07, 6.45) is 3.76. The summed E-state index contributed by atoms with van der Waals surface area (Å²) in [5.41, 5.74) is 3.42. The van der Waals surface area contributed by atoms with Crippen molar-refractivity contribution in [2.24, 2.45) is 0 Å². The Bertz CT molecular complexity index is 966. The molecule has 2 aromatic rings. The SMILES string of the molecule is Cc1cc(Nc2nc3c(c(N4CC(CC#N)(N5CCN(C)CC5)C4)n2)CCC3)sn1. The molecule has 0 bridgehead atoms. The van der Waals surface area contributed by atoms with Crippen LogP contribution in [0.2, 0.25) is 0 Å². The van der Waals surface area contributed by atoms with Gasteiger partial charge in [0.1, 0.15) is 10.8 Å². The monoisotopic (exact) mass is 424 g/mol. The molecule has 0 saturated carbocycles. The summed E-state index contributed by atoms with van der Waals surface area (Å²) in [4.78, 5) is 17.0. The second-order valence-electron chi connectivity index (χ2n) is 8.81. The molecule has 0 aromatic carbocycles. The molecule has 0 radical (unpaired) electrons. The molecule has 0 unspecified atom stereocenters. The van der Waals surface area contributed by atoms with Gasteiger partial charge in [-0.3, -0.25) is 4.90 Å². The second kappa shape index (κ2) is 7.76. The molecule has 158 valence electrons. The largest absolute Gasteiger partial charge is 0.352 e. The Morgan fingerprint density at radius 1 is 1.20 bits per heavy atom. The zero-order valence-electron chi connectivity index (χ0n) is 17.7. The Kier molecular flexibility index (Phi) is 5.09. The van der Waals surface area contributed by atoms with Crippen LogP contribution in [-0.4, -0.2) is 76.0 Å².